The van der Waals surface area contributed by atoms with E-state index in [4.69, 9.17) is 15.2 Å². The predicted octanol–water partition coefficient (Wildman–Crippen LogP) is 2.64. The van der Waals surface area contributed by atoms with E-state index in [-0.39, 0.29) is 29.7 Å². The van der Waals surface area contributed by atoms with E-state index in [1.807, 2.05) is 38.1 Å². The molecule has 1 saturated heterocycles. The summed E-state index contributed by atoms with van der Waals surface area (Å²) in [6.45, 7) is 7.44. The average molecular weight is 522 g/mol. The molecule has 0 spiro atoms. The van der Waals surface area contributed by atoms with E-state index >= 15 is 0 Å². The summed E-state index contributed by atoms with van der Waals surface area (Å²) in [4.78, 5) is 14.0. The van der Waals surface area contributed by atoms with Crippen LogP contribution in [0.2, 0.25) is 0 Å². The fourth-order valence-corrected chi connectivity index (χ4v) is 6.06. The van der Waals surface area contributed by atoms with Gasteiger partial charge >= 0.3 is 0 Å². The van der Waals surface area contributed by atoms with Gasteiger partial charge in [0.25, 0.3) is 0 Å². The number of nitrogens with two attached hydrogens (primary N) is 1. The third-order valence-corrected chi connectivity index (χ3v) is 8.20. The number of hydrogen-bond acceptors (Lipinski definition) is 7. The number of thiol groups is 1. The lowest BCUT2D eigenvalue weighted by Gasteiger charge is -2.33. The zero-order chi connectivity index (χ0) is 25.4. The molecule has 1 heterocycles. The Kier molecular flexibility index (Phi) is 9.99. The fourth-order valence-electron chi connectivity index (χ4n) is 4.01. The standard InChI is InChI=1S/C25H35N3O5S2/c1-19(2)33-23-7-3-20(4-8-23)21-5-9-24(10-6-21)35(30,31)28(22(18-34)17-25(26)29)12-11-27-13-15-32-16-14-27/h3-10,19,22,34H,11-18H2,1-2H3,(H2,26,29). The van der Waals surface area contributed by atoms with Crippen molar-refractivity contribution < 1.29 is 22.7 Å². The number of hydrogen-bond donors (Lipinski definition) is 2. The van der Waals surface area contributed by atoms with Gasteiger partial charge in [0.15, 0.2) is 0 Å². The summed E-state index contributed by atoms with van der Waals surface area (Å²) in [6.07, 6.45) is 0.00141. The van der Waals surface area contributed by atoms with Crippen LogP contribution in [0.4, 0.5) is 0 Å². The van der Waals surface area contributed by atoms with Crippen LogP contribution >= 0.6 is 12.6 Å². The number of amides is 1. The lowest BCUT2D eigenvalue weighted by Crippen LogP contribution is -2.48. The summed E-state index contributed by atoms with van der Waals surface area (Å²) < 4.78 is 39.8. The summed E-state index contributed by atoms with van der Waals surface area (Å²) in [5, 5.41) is 0. The first-order chi connectivity index (χ1) is 16.7. The third-order valence-electron chi connectivity index (χ3n) is 5.82. The first-order valence-corrected chi connectivity index (χ1v) is 13.9. The van der Waals surface area contributed by atoms with E-state index in [1.165, 1.54) is 4.31 Å². The molecule has 1 amide bonds. The largest absolute Gasteiger partial charge is 0.491 e. The highest BCUT2D eigenvalue weighted by molar-refractivity contribution is 7.89. The van der Waals surface area contributed by atoms with Crippen LogP contribution in [0.5, 0.6) is 5.75 Å². The second-order valence-electron chi connectivity index (χ2n) is 8.79. The maximum absolute atomic E-state index is 13.7. The Labute approximate surface area is 213 Å². The highest BCUT2D eigenvalue weighted by Gasteiger charge is 2.32. The van der Waals surface area contributed by atoms with Crippen molar-refractivity contribution in [1.82, 2.24) is 9.21 Å². The number of nitrogens with zero attached hydrogens (tertiary/aromatic N) is 2. The zero-order valence-corrected chi connectivity index (χ0v) is 22.0. The van der Waals surface area contributed by atoms with Gasteiger partial charge in [0, 0.05) is 44.4 Å². The van der Waals surface area contributed by atoms with Crippen LogP contribution in [0, 0.1) is 0 Å². The van der Waals surface area contributed by atoms with Crippen LogP contribution in [-0.2, 0) is 19.6 Å². The van der Waals surface area contributed by atoms with E-state index < -0.39 is 22.0 Å². The van der Waals surface area contributed by atoms with E-state index in [1.54, 1.807) is 24.3 Å². The van der Waals surface area contributed by atoms with Crippen molar-refractivity contribution in [2.75, 3.05) is 45.1 Å². The molecule has 2 N–H and O–H groups in total. The van der Waals surface area contributed by atoms with E-state index in [9.17, 15) is 13.2 Å². The zero-order valence-electron chi connectivity index (χ0n) is 20.3. The summed E-state index contributed by atoms with van der Waals surface area (Å²) in [7, 11) is -3.88. The molecule has 10 heteroatoms. The fraction of sp³-hybridized carbons (Fsp3) is 0.480. The third kappa shape index (κ3) is 7.68. The van der Waals surface area contributed by atoms with Crippen molar-refractivity contribution in [3.05, 3.63) is 48.5 Å². The number of carbonyl (C=O) groups is 1. The SMILES string of the molecule is CC(C)Oc1ccc(-c2ccc(S(=O)(=O)N(CCN3CCOCC3)C(CS)CC(N)=O)cc2)cc1. The Morgan fingerprint density at radius 2 is 1.66 bits per heavy atom. The smallest absolute Gasteiger partial charge is 0.243 e. The van der Waals surface area contributed by atoms with Gasteiger partial charge in [-0.25, -0.2) is 8.42 Å². The first kappa shape index (κ1) is 27.5. The topological polar surface area (TPSA) is 102 Å². The maximum atomic E-state index is 13.7. The Hall–Kier alpha value is -2.11. The summed E-state index contributed by atoms with van der Waals surface area (Å²) >= 11 is 4.33. The van der Waals surface area contributed by atoms with E-state index in [2.05, 4.69) is 17.5 Å². The van der Waals surface area contributed by atoms with Gasteiger partial charge in [-0.1, -0.05) is 24.3 Å². The van der Waals surface area contributed by atoms with Gasteiger partial charge in [0.05, 0.1) is 24.2 Å². The van der Waals surface area contributed by atoms with Gasteiger partial charge in [-0.2, -0.15) is 16.9 Å². The Balaban J connectivity index is 1.81. The molecule has 1 aliphatic heterocycles. The van der Waals surface area contributed by atoms with E-state index in [0.29, 0.717) is 19.8 Å². The Morgan fingerprint density at radius 1 is 1.09 bits per heavy atom. The van der Waals surface area contributed by atoms with Crippen LogP contribution in [0.1, 0.15) is 20.3 Å². The number of carbonyl (C=O) groups excluding carboxylic acids is 1. The van der Waals surface area contributed by atoms with Gasteiger partial charge in [-0.05, 0) is 49.2 Å². The lowest BCUT2D eigenvalue weighted by atomic mass is 10.1. The van der Waals surface area contributed by atoms with Gasteiger partial charge < -0.3 is 15.2 Å². The van der Waals surface area contributed by atoms with Gasteiger partial charge in [0.1, 0.15) is 5.75 Å². The molecule has 192 valence electrons. The van der Waals surface area contributed by atoms with Crippen molar-refractivity contribution in [3.8, 4) is 16.9 Å². The van der Waals surface area contributed by atoms with Crippen molar-refractivity contribution in [2.45, 2.75) is 37.3 Å². The monoisotopic (exact) mass is 521 g/mol. The molecule has 0 saturated carbocycles. The number of benzene rings is 2. The Bertz CT molecular complexity index is 1050. The molecular formula is C25H35N3O5S2. The predicted molar refractivity (Wildman–Crippen MR) is 140 cm³/mol. The molecule has 1 aliphatic rings. The van der Waals surface area contributed by atoms with E-state index in [0.717, 1.165) is 30.0 Å². The highest BCUT2D eigenvalue weighted by Crippen LogP contribution is 2.26. The van der Waals surface area contributed by atoms with Crippen molar-refractivity contribution in [2.24, 2.45) is 5.73 Å². The molecule has 1 fully saturated rings. The quantitative estimate of drug-likeness (QED) is 0.417. The number of rotatable bonds is 12. The number of ether oxygens (including phenoxy) is 2. The van der Waals surface area contributed by atoms with Gasteiger partial charge in [-0.15, -0.1) is 0 Å². The van der Waals surface area contributed by atoms with Gasteiger partial charge in [-0.3, -0.25) is 9.69 Å². The second kappa shape index (κ2) is 12.7. The summed E-state index contributed by atoms with van der Waals surface area (Å²) in [5.41, 5.74) is 7.27. The van der Waals surface area contributed by atoms with Crippen LogP contribution in [0.15, 0.2) is 53.4 Å². The number of sulfonamides is 1. The maximum Gasteiger partial charge on any atom is 0.243 e. The normalized spacial score (nSPS) is 15.9. The van der Waals surface area contributed by atoms with Gasteiger partial charge in [0.2, 0.25) is 15.9 Å². The molecule has 0 aromatic heterocycles. The molecule has 35 heavy (non-hydrogen) atoms. The molecule has 0 radical (unpaired) electrons. The molecule has 2 aromatic carbocycles. The molecule has 0 aliphatic carbocycles. The van der Waals surface area contributed by atoms with Crippen LogP contribution in [0.3, 0.4) is 0 Å². The number of primary amides is 1. The van der Waals surface area contributed by atoms with Crippen molar-refractivity contribution in [1.29, 1.82) is 0 Å². The molecule has 0 bridgehead atoms. The summed E-state index contributed by atoms with van der Waals surface area (Å²) in [6, 6.07) is 13.8. The lowest BCUT2D eigenvalue weighted by molar-refractivity contribution is -0.118. The molecular weight excluding hydrogens is 486 g/mol. The Morgan fingerprint density at radius 3 is 2.17 bits per heavy atom. The molecule has 3 rings (SSSR count). The molecule has 1 unspecified atom stereocenters. The minimum Gasteiger partial charge on any atom is -0.491 e. The average Bonchev–Trinajstić information content (AvgIpc) is 2.84. The van der Waals surface area contributed by atoms with Crippen LogP contribution in [-0.4, -0.2) is 80.8 Å². The van der Waals surface area contributed by atoms with Crippen LogP contribution < -0.4 is 10.5 Å². The highest BCUT2D eigenvalue weighted by atomic mass is 32.2. The summed E-state index contributed by atoms with van der Waals surface area (Å²) in [5.74, 6) is 0.413. The van der Waals surface area contributed by atoms with Crippen molar-refractivity contribution in [3.63, 3.8) is 0 Å². The van der Waals surface area contributed by atoms with Crippen molar-refractivity contribution >= 4 is 28.6 Å². The number of morpholine rings is 1. The van der Waals surface area contributed by atoms with Crippen LogP contribution in [0.25, 0.3) is 11.1 Å². The second-order valence-corrected chi connectivity index (χ2v) is 11.0. The molecule has 1 atom stereocenters. The first-order valence-electron chi connectivity index (χ1n) is 11.8. The molecule has 8 nitrogen and oxygen atoms in total. The minimum absolute atomic E-state index is 0.0886. The minimum atomic E-state index is -3.88. The molecule has 2 aromatic rings.